The number of hydrogen-bond donors (Lipinski definition) is 2. The lowest BCUT2D eigenvalue weighted by atomic mass is 9.98. The molecule has 2 atom stereocenters. The number of carbonyl (C=O) groups is 1. The molecule has 4 heteroatoms. The highest BCUT2D eigenvalue weighted by Crippen LogP contribution is 2.43. The average Bonchev–Trinajstić information content (AvgIpc) is 2.94. The van der Waals surface area contributed by atoms with Crippen molar-refractivity contribution in [2.75, 3.05) is 5.75 Å². The average molecular weight is 306 g/mol. The molecule has 0 spiro atoms. The maximum Gasteiger partial charge on any atom is 0.235 e. The van der Waals surface area contributed by atoms with E-state index < -0.39 is 0 Å². The highest BCUT2D eigenvalue weighted by atomic mass is 32.2. The molecule has 2 rings (SSSR count). The van der Waals surface area contributed by atoms with Crippen LogP contribution in [-0.4, -0.2) is 17.7 Å². The first kappa shape index (κ1) is 16.4. The van der Waals surface area contributed by atoms with Gasteiger partial charge < -0.3 is 5.73 Å². The smallest absolute Gasteiger partial charge is 0.235 e. The molecule has 0 saturated carbocycles. The molecule has 0 bridgehead atoms. The number of primary amides is 1. The fraction of sp³-hybridized carbons (Fsp3) is 0.588. The van der Waals surface area contributed by atoms with E-state index in [1.165, 1.54) is 37.7 Å². The zero-order valence-electron chi connectivity index (χ0n) is 12.8. The molecular formula is C17H26N2OS. The second-order valence-corrected chi connectivity index (χ2v) is 7.09. The van der Waals surface area contributed by atoms with E-state index >= 15 is 0 Å². The van der Waals surface area contributed by atoms with Crippen molar-refractivity contribution in [2.45, 2.75) is 56.4 Å². The zero-order valence-corrected chi connectivity index (χ0v) is 13.6. The van der Waals surface area contributed by atoms with Crippen LogP contribution in [0.25, 0.3) is 0 Å². The van der Waals surface area contributed by atoms with Crippen molar-refractivity contribution in [3.05, 3.63) is 35.9 Å². The van der Waals surface area contributed by atoms with Gasteiger partial charge in [-0.2, -0.15) is 0 Å². The number of carbonyl (C=O) groups excluding carboxylic acids is 1. The standard InChI is InChI=1S/C17H26N2OS/c1-2-3-4-5-9-12-17(14-10-7-6-8-11-14)19-15(13-21-17)16(18)20/h6-8,10-11,15,19H,2-5,9,12-13H2,1H3,(H2,18,20). The zero-order chi connectivity index (χ0) is 15.1. The Balaban J connectivity index is 2.03. The van der Waals surface area contributed by atoms with E-state index in [0.717, 1.165) is 12.2 Å². The van der Waals surface area contributed by atoms with Crippen LogP contribution in [0.3, 0.4) is 0 Å². The molecule has 0 aliphatic carbocycles. The minimum absolute atomic E-state index is 0.146. The molecule has 3 nitrogen and oxygen atoms in total. The normalized spacial score (nSPS) is 25.1. The van der Waals surface area contributed by atoms with Gasteiger partial charge in [-0.3, -0.25) is 10.1 Å². The van der Waals surface area contributed by atoms with Gasteiger partial charge in [0.15, 0.2) is 0 Å². The first-order valence-electron chi connectivity index (χ1n) is 7.94. The van der Waals surface area contributed by atoms with E-state index in [2.05, 4.69) is 36.5 Å². The lowest BCUT2D eigenvalue weighted by Crippen LogP contribution is -2.46. The van der Waals surface area contributed by atoms with Gasteiger partial charge in [0, 0.05) is 5.75 Å². The highest BCUT2D eigenvalue weighted by Gasteiger charge is 2.42. The van der Waals surface area contributed by atoms with Crippen molar-refractivity contribution in [2.24, 2.45) is 5.73 Å². The van der Waals surface area contributed by atoms with Gasteiger partial charge in [-0.05, 0) is 12.0 Å². The van der Waals surface area contributed by atoms with E-state index in [1.807, 2.05) is 17.8 Å². The number of benzene rings is 1. The van der Waals surface area contributed by atoms with Crippen LogP contribution in [0, 0.1) is 0 Å². The largest absolute Gasteiger partial charge is 0.368 e. The number of hydrogen-bond acceptors (Lipinski definition) is 3. The monoisotopic (exact) mass is 306 g/mol. The lowest BCUT2D eigenvalue weighted by molar-refractivity contribution is -0.119. The summed E-state index contributed by atoms with van der Waals surface area (Å²) in [5.74, 6) is 0.519. The van der Waals surface area contributed by atoms with Gasteiger partial charge in [-0.25, -0.2) is 0 Å². The van der Waals surface area contributed by atoms with Gasteiger partial charge in [-0.15, -0.1) is 11.8 Å². The first-order valence-corrected chi connectivity index (χ1v) is 8.93. The Morgan fingerprint density at radius 2 is 2.00 bits per heavy atom. The summed E-state index contributed by atoms with van der Waals surface area (Å²) in [7, 11) is 0. The van der Waals surface area contributed by atoms with Gasteiger partial charge in [0.25, 0.3) is 0 Å². The maximum atomic E-state index is 11.5. The van der Waals surface area contributed by atoms with Crippen LogP contribution < -0.4 is 11.1 Å². The Morgan fingerprint density at radius 1 is 1.29 bits per heavy atom. The molecule has 1 aliphatic rings. The third-order valence-electron chi connectivity index (χ3n) is 4.12. The number of thioether (sulfide) groups is 1. The summed E-state index contributed by atoms with van der Waals surface area (Å²) in [4.78, 5) is 11.3. The van der Waals surface area contributed by atoms with Gasteiger partial charge in [-0.1, -0.05) is 69.4 Å². The Kier molecular flexibility index (Phi) is 6.12. The summed E-state index contributed by atoms with van der Waals surface area (Å²) in [5.41, 5.74) is 6.74. The molecule has 3 N–H and O–H groups in total. The van der Waals surface area contributed by atoms with E-state index in [9.17, 15) is 4.79 Å². The molecule has 0 radical (unpaired) electrons. The summed E-state index contributed by atoms with van der Waals surface area (Å²) in [6, 6.07) is 10.2. The van der Waals surface area contributed by atoms with Crippen molar-refractivity contribution in [1.82, 2.24) is 5.32 Å². The highest BCUT2D eigenvalue weighted by molar-refractivity contribution is 8.00. The predicted octanol–water partition coefficient (Wildman–Crippen LogP) is 3.39. The van der Waals surface area contributed by atoms with Crippen LogP contribution in [-0.2, 0) is 9.67 Å². The second-order valence-electron chi connectivity index (χ2n) is 5.77. The third kappa shape index (κ3) is 4.24. The number of rotatable bonds is 8. The van der Waals surface area contributed by atoms with Crippen LogP contribution in [0.5, 0.6) is 0 Å². The molecule has 21 heavy (non-hydrogen) atoms. The van der Waals surface area contributed by atoms with Crippen molar-refractivity contribution < 1.29 is 4.79 Å². The molecule has 1 heterocycles. The maximum absolute atomic E-state index is 11.5. The van der Waals surface area contributed by atoms with Gasteiger partial charge in [0.05, 0.1) is 10.9 Å². The van der Waals surface area contributed by atoms with Crippen LogP contribution >= 0.6 is 11.8 Å². The van der Waals surface area contributed by atoms with Crippen LogP contribution in [0.15, 0.2) is 30.3 Å². The lowest BCUT2D eigenvalue weighted by Gasteiger charge is -2.30. The number of unbranched alkanes of at least 4 members (excludes halogenated alkanes) is 4. The molecule has 0 aromatic heterocycles. The van der Waals surface area contributed by atoms with Crippen LogP contribution in [0.2, 0.25) is 0 Å². The third-order valence-corrected chi connectivity index (χ3v) is 5.67. The molecular weight excluding hydrogens is 280 g/mol. The van der Waals surface area contributed by atoms with E-state index in [0.29, 0.717) is 0 Å². The summed E-state index contributed by atoms with van der Waals surface area (Å²) >= 11 is 1.83. The number of nitrogens with two attached hydrogens (primary N) is 1. The molecule has 1 aliphatic heterocycles. The molecule has 116 valence electrons. The minimum atomic E-state index is -0.244. The van der Waals surface area contributed by atoms with Crippen molar-refractivity contribution >= 4 is 17.7 Å². The minimum Gasteiger partial charge on any atom is -0.368 e. The molecule has 2 unspecified atom stereocenters. The molecule has 1 amide bonds. The van der Waals surface area contributed by atoms with Crippen molar-refractivity contribution in [3.8, 4) is 0 Å². The summed E-state index contributed by atoms with van der Waals surface area (Å²) < 4.78 is 0. The van der Waals surface area contributed by atoms with Crippen LogP contribution in [0.4, 0.5) is 0 Å². The van der Waals surface area contributed by atoms with Crippen molar-refractivity contribution in [1.29, 1.82) is 0 Å². The van der Waals surface area contributed by atoms with Gasteiger partial charge in [0.1, 0.15) is 0 Å². The molecule has 1 saturated heterocycles. The Morgan fingerprint density at radius 3 is 2.62 bits per heavy atom. The van der Waals surface area contributed by atoms with E-state index in [-0.39, 0.29) is 16.8 Å². The quantitative estimate of drug-likeness (QED) is 0.724. The molecule has 1 aromatic carbocycles. The summed E-state index contributed by atoms with van der Waals surface area (Å²) in [6.45, 7) is 2.23. The Hall–Kier alpha value is -1.00. The number of amides is 1. The predicted molar refractivity (Wildman–Crippen MR) is 90.1 cm³/mol. The molecule has 1 aromatic rings. The van der Waals surface area contributed by atoms with Gasteiger partial charge in [0.2, 0.25) is 5.91 Å². The molecule has 1 fully saturated rings. The Labute approximate surface area is 132 Å². The fourth-order valence-electron chi connectivity index (χ4n) is 2.88. The first-order chi connectivity index (χ1) is 10.2. The van der Waals surface area contributed by atoms with E-state index in [4.69, 9.17) is 5.73 Å². The topological polar surface area (TPSA) is 55.1 Å². The van der Waals surface area contributed by atoms with Crippen molar-refractivity contribution in [3.63, 3.8) is 0 Å². The second kappa shape index (κ2) is 7.85. The Bertz CT molecular complexity index is 451. The summed E-state index contributed by atoms with van der Waals surface area (Å²) in [5, 5.41) is 3.50. The fourth-order valence-corrected chi connectivity index (χ4v) is 4.40. The summed E-state index contributed by atoms with van der Waals surface area (Å²) in [6.07, 6.45) is 7.36. The van der Waals surface area contributed by atoms with Crippen LogP contribution in [0.1, 0.15) is 51.0 Å². The van der Waals surface area contributed by atoms with E-state index in [1.54, 1.807) is 0 Å². The number of nitrogens with one attached hydrogen (secondary N) is 1. The van der Waals surface area contributed by atoms with Gasteiger partial charge >= 0.3 is 0 Å². The SMILES string of the molecule is CCCCCCCC1(c2ccccc2)NC(C(N)=O)CS1.